The first-order valence-corrected chi connectivity index (χ1v) is 12.3. The van der Waals surface area contributed by atoms with Crippen molar-refractivity contribution in [3.05, 3.63) is 59.2 Å². The summed E-state index contributed by atoms with van der Waals surface area (Å²) >= 11 is 12.8. The molecule has 0 radical (unpaired) electrons. The fourth-order valence-corrected chi connectivity index (χ4v) is 6.47. The third-order valence-corrected chi connectivity index (χ3v) is 8.79. The lowest BCUT2D eigenvalue weighted by atomic mass is 9.80. The Morgan fingerprint density at radius 1 is 0.943 bits per heavy atom. The largest absolute Gasteiger partial charge is 0.452 e. The van der Waals surface area contributed by atoms with Crippen LogP contribution in [0.3, 0.4) is 0 Å². The lowest BCUT2D eigenvalue weighted by Gasteiger charge is -2.28. The molecule has 3 amide bonds. The van der Waals surface area contributed by atoms with E-state index in [4.69, 9.17) is 27.9 Å². The molecular weight excluding hydrogens is 491 g/mol. The molecule has 0 aromatic heterocycles. The second kappa shape index (κ2) is 8.95. The van der Waals surface area contributed by atoms with Crippen LogP contribution in [-0.4, -0.2) is 41.1 Å². The molecule has 1 N–H and O–H groups in total. The van der Waals surface area contributed by atoms with Gasteiger partial charge in [-0.3, -0.25) is 19.3 Å². The number of fused-ring (bicyclic) bond motifs is 5. The van der Waals surface area contributed by atoms with Crippen LogP contribution in [0.1, 0.15) is 27.9 Å². The first-order valence-electron chi connectivity index (χ1n) is 11.5. The summed E-state index contributed by atoms with van der Waals surface area (Å²) in [7, 11) is 0. The van der Waals surface area contributed by atoms with Crippen LogP contribution in [-0.2, 0) is 19.1 Å². The number of carbonyl (C=O) groups is 4. The zero-order chi connectivity index (χ0) is 25.0. The fourth-order valence-electron chi connectivity index (χ4n) is 5.58. The van der Waals surface area contributed by atoms with Gasteiger partial charge in [0.1, 0.15) is 0 Å². The van der Waals surface area contributed by atoms with Crippen molar-refractivity contribution in [2.24, 2.45) is 23.7 Å². The third kappa shape index (κ3) is 4.00. The minimum Gasteiger partial charge on any atom is -0.452 e. The zero-order valence-corrected chi connectivity index (χ0v) is 20.7. The number of hydrogen-bond acceptors (Lipinski definition) is 5. The Morgan fingerprint density at radius 2 is 1.54 bits per heavy atom. The van der Waals surface area contributed by atoms with Gasteiger partial charge in [0.05, 0.1) is 33.8 Å². The maximum atomic E-state index is 13.1. The normalized spacial score (nSPS) is 28.9. The van der Waals surface area contributed by atoms with Crippen molar-refractivity contribution in [1.29, 1.82) is 0 Å². The molecule has 5 rings (SSSR count). The number of aryl methyl sites for hydroxylation is 2. The highest BCUT2D eigenvalue weighted by Gasteiger charge is 2.66. The number of esters is 1. The van der Waals surface area contributed by atoms with Gasteiger partial charge >= 0.3 is 5.97 Å². The zero-order valence-electron chi connectivity index (χ0n) is 19.2. The van der Waals surface area contributed by atoms with Crippen LogP contribution in [0.2, 0.25) is 0 Å². The van der Waals surface area contributed by atoms with E-state index >= 15 is 0 Å². The van der Waals surface area contributed by atoms with Crippen molar-refractivity contribution in [2.45, 2.75) is 31.0 Å². The summed E-state index contributed by atoms with van der Waals surface area (Å²) in [5.74, 6) is -2.74. The van der Waals surface area contributed by atoms with Gasteiger partial charge in [-0.2, -0.15) is 0 Å². The molecule has 182 valence electrons. The number of nitrogens with one attached hydrogen (secondary N) is 1. The molecule has 6 atom stereocenters. The van der Waals surface area contributed by atoms with Crippen LogP contribution in [0.15, 0.2) is 42.5 Å². The molecule has 0 spiro atoms. The van der Waals surface area contributed by atoms with Gasteiger partial charge in [-0.25, -0.2) is 4.79 Å². The molecule has 2 aliphatic carbocycles. The highest BCUT2D eigenvalue weighted by molar-refractivity contribution is 6.32. The van der Waals surface area contributed by atoms with E-state index in [0.717, 1.165) is 11.1 Å². The SMILES string of the molecule is Cc1ccc(NC(=O)COC(=O)c2ccc(N3C(=O)[C@@H]4[C@H]5C[C@@H]([C@H](Cl)[C@@H]5Cl)[C@@H]4C3=O)cc2)cc1C. The van der Waals surface area contributed by atoms with E-state index in [1.54, 1.807) is 6.07 Å². The summed E-state index contributed by atoms with van der Waals surface area (Å²) in [4.78, 5) is 51.9. The molecule has 2 aromatic carbocycles. The molecule has 7 nitrogen and oxygen atoms in total. The molecule has 9 heteroatoms. The Morgan fingerprint density at radius 3 is 2.11 bits per heavy atom. The summed E-state index contributed by atoms with van der Waals surface area (Å²) in [5.41, 5.74) is 3.36. The number of halogens is 2. The number of carbonyl (C=O) groups excluding carboxylic acids is 4. The number of benzene rings is 2. The molecule has 3 fully saturated rings. The van der Waals surface area contributed by atoms with Crippen LogP contribution in [0.5, 0.6) is 0 Å². The van der Waals surface area contributed by atoms with Crippen molar-refractivity contribution in [2.75, 3.05) is 16.8 Å². The van der Waals surface area contributed by atoms with E-state index in [2.05, 4.69) is 5.32 Å². The fraction of sp³-hybridized carbons (Fsp3) is 0.385. The Kier molecular flexibility index (Phi) is 6.09. The maximum absolute atomic E-state index is 13.1. The first-order chi connectivity index (χ1) is 16.7. The highest BCUT2D eigenvalue weighted by Crippen LogP contribution is 2.59. The number of rotatable bonds is 5. The average Bonchev–Trinajstić information content (AvgIpc) is 3.45. The van der Waals surface area contributed by atoms with Crippen molar-refractivity contribution in [3.63, 3.8) is 0 Å². The summed E-state index contributed by atoms with van der Waals surface area (Å²) in [6.45, 7) is 3.48. The third-order valence-electron chi connectivity index (χ3n) is 7.47. The smallest absolute Gasteiger partial charge is 0.338 e. The lowest BCUT2D eigenvalue weighted by molar-refractivity contribution is -0.123. The van der Waals surface area contributed by atoms with Gasteiger partial charge in [0.2, 0.25) is 11.8 Å². The van der Waals surface area contributed by atoms with Crippen LogP contribution in [0, 0.1) is 37.5 Å². The van der Waals surface area contributed by atoms with Gasteiger partial charge in [-0.1, -0.05) is 6.07 Å². The predicted molar refractivity (Wildman–Crippen MR) is 132 cm³/mol. The van der Waals surface area contributed by atoms with E-state index in [0.29, 0.717) is 17.8 Å². The lowest BCUT2D eigenvalue weighted by Crippen LogP contribution is -2.37. The van der Waals surface area contributed by atoms with Crippen LogP contribution in [0.25, 0.3) is 0 Å². The molecule has 2 saturated carbocycles. The molecular formula is C26H24Cl2N2O5. The molecule has 35 heavy (non-hydrogen) atoms. The van der Waals surface area contributed by atoms with E-state index < -0.39 is 30.3 Å². The Hall–Kier alpha value is -2.90. The van der Waals surface area contributed by atoms with E-state index in [1.165, 1.54) is 29.2 Å². The Balaban J connectivity index is 1.21. The first kappa shape index (κ1) is 23.8. The van der Waals surface area contributed by atoms with Crippen LogP contribution < -0.4 is 10.2 Å². The molecule has 2 aromatic rings. The minimum atomic E-state index is -0.685. The topological polar surface area (TPSA) is 92.8 Å². The number of alkyl halides is 2. The Bertz CT molecular complexity index is 1200. The molecule has 3 aliphatic rings. The van der Waals surface area contributed by atoms with Crippen LogP contribution in [0.4, 0.5) is 11.4 Å². The van der Waals surface area contributed by atoms with Crippen molar-refractivity contribution in [1.82, 2.24) is 0 Å². The summed E-state index contributed by atoms with van der Waals surface area (Å²) in [6.07, 6.45) is 0.699. The second-order valence-electron chi connectivity index (χ2n) is 9.49. The minimum absolute atomic E-state index is 0.0974. The highest BCUT2D eigenvalue weighted by atomic mass is 35.5. The van der Waals surface area contributed by atoms with Gasteiger partial charge in [0.25, 0.3) is 5.91 Å². The summed E-state index contributed by atoms with van der Waals surface area (Å²) < 4.78 is 5.12. The van der Waals surface area contributed by atoms with Crippen LogP contribution >= 0.6 is 23.2 Å². The number of hydrogen-bond donors (Lipinski definition) is 1. The van der Waals surface area contributed by atoms with Crippen molar-refractivity contribution in [3.8, 4) is 0 Å². The number of ether oxygens (including phenoxy) is 1. The van der Waals surface area contributed by atoms with Crippen molar-refractivity contribution < 1.29 is 23.9 Å². The molecule has 2 bridgehead atoms. The molecule has 1 saturated heterocycles. The number of amides is 3. The van der Waals surface area contributed by atoms with Gasteiger partial charge in [0, 0.05) is 5.69 Å². The quantitative estimate of drug-likeness (QED) is 0.368. The summed E-state index contributed by atoms with van der Waals surface area (Å²) in [6, 6.07) is 11.5. The monoisotopic (exact) mass is 514 g/mol. The average molecular weight is 515 g/mol. The van der Waals surface area contributed by atoms with Gasteiger partial charge in [0.15, 0.2) is 6.61 Å². The van der Waals surface area contributed by atoms with E-state index in [9.17, 15) is 19.2 Å². The number of nitrogens with zero attached hydrogens (tertiary/aromatic N) is 1. The summed E-state index contributed by atoms with van der Waals surface area (Å²) in [5, 5.41) is 2.06. The van der Waals surface area contributed by atoms with Gasteiger partial charge in [-0.15, -0.1) is 23.2 Å². The molecule has 1 heterocycles. The van der Waals surface area contributed by atoms with E-state index in [-0.39, 0.29) is 40.0 Å². The number of anilines is 2. The van der Waals surface area contributed by atoms with Crippen molar-refractivity contribution >= 4 is 58.3 Å². The Labute approximate surface area is 212 Å². The molecule has 0 unspecified atom stereocenters. The maximum Gasteiger partial charge on any atom is 0.338 e. The van der Waals surface area contributed by atoms with Gasteiger partial charge in [-0.05, 0) is 79.6 Å². The van der Waals surface area contributed by atoms with E-state index in [1.807, 2.05) is 26.0 Å². The molecule has 1 aliphatic heterocycles. The standard InChI is InChI=1S/C26H24Cl2N2O5/c1-12-3-6-15(9-13(12)2)29-19(31)11-35-26(34)14-4-7-16(8-5-14)30-24(32)20-17-10-18(21(20)25(30)33)23(28)22(17)27/h3-9,17-18,20-23H,10-11H2,1-2H3,(H,29,31)/t17-,18-,20-,21+,22-,23+/m1/s1. The van der Waals surface area contributed by atoms with Gasteiger partial charge < -0.3 is 10.1 Å². The number of imide groups is 1. The second-order valence-corrected chi connectivity index (χ2v) is 10.5. The predicted octanol–water partition coefficient (Wildman–Crippen LogP) is 4.07.